The number of aromatic amines is 1. The largest absolute Gasteiger partial charge is 0.358 e. The second-order valence-corrected chi connectivity index (χ2v) is 6.07. The third-order valence-electron chi connectivity index (χ3n) is 2.35. The summed E-state index contributed by atoms with van der Waals surface area (Å²) in [5, 5.41) is 8.45. The maximum atomic E-state index is 12.0. The SMILES string of the molecule is CNC(=O)C(CC(C)C)NS(=O)(=O)c1cn[nH]c1. The first kappa shape index (κ1) is 14.7. The Bertz CT molecular complexity index is 481. The fourth-order valence-corrected chi connectivity index (χ4v) is 2.61. The number of carbonyl (C=O) groups is 1. The molecule has 3 N–H and O–H groups in total. The van der Waals surface area contributed by atoms with Gasteiger partial charge in [-0.1, -0.05) is 13.8 Å². The Morgan fingerprint density at radius 3 is 2.61 bits per heavy atom. The predicted octanol–water partition coefficient (Wildman–Crippen LogP) is -0.151. The normalized spacial score (nSPS) is 13.6. The van der Waals surface area contributed by atoms with Gasteiger partial charge in [0.2, 0.25) is 15.9 Å². The van der Waals surface area contributed by atoms with Crippen molar-refractivity contribution in [2.45, 2.75) is 31.2 Å². The molecule has 0 aliphatic heterocycles. The number of rotatable bonds is 6. The fraction of sp³-hybridized carbons (Fsp3) is 0.600. The first-order chi connectivity index (χ1) is 8.36. The molecule has 0 radical (unpaired) electrons. The zero-order chi connectivity index (χ0) is 13.8. The van der Waals surface area contributed by atoms with E-state index >= 15 is 0 Å². The van der Waals surface area contributed by atoms with Gasteiger partial charge in [0.1, 0.15) is 10.9 Å². The van der Waals surface area contributed by atoms with E-state index < -0.39 is 16.1 Å². The van der Waals surface area contributed by atoms with Crippen LogP contribution in [0.15, 0.2) is 17.3 Å². The Balaban J connectivity index is 2.86. The molecule has 102 valence electrons. The molecule has 0 saturated heterocycles. The molecular formula is C10H18N4O3S. The van der Waals surface area contributed by atoms with Crippen LogP contribution in [-0.2, 0) is 14.8 Å². The molecule has 0 aliphatic carbocycles. The third kappa shape index (κ3) is 3.81. The van der Waals surface area contributed by atoms with E-state index in [1.807, 2.05) is 13.8 Å². The number of hydrogen-bond donors (Lipinski definition) is 3. The number of aromatic nitrogens is 2. The standard InChI is InChI=1S/C10H18N4O3S/c1-7(2)4-9(10(15)11-3)14-18(16,17)8-5-12-13-6-8/h5-7,9,14H,4H2,1-3H3,(H,11,15)(H,12,13). The van der Waals surface area contributed by atoms with E-state index in [4.69, 9.17) is 0 Å². The summed E-state index contributed by atoms with van der Waals surface area (Å²) >= 11 is 0. The van der Waals surface area contributed by atoms with Crippen molar-refractivity contribution in [1.82, 2.24) is 20.2 Å². The van der Waals surface area contributed by atoms with Crippen LogP contribution in [-0.4, -0.2) is 37.6 Å². The van der Waals surface area contributed by atoms with Crippen molar-refractivity contribution >= 4 is 15.9 Å². The van der Waals surface area contributed by atoms with Crippen molar-refractivity contribution in [3.63, 3.8) is 0 Å². The van der Waals surface area contributed by atoms with E-state index in [0.29, 0.717) is 6.42 Å². The Morgan fingerprint density at radius 2 is 2.17 bits per heavy atom. The molecule has 0 saturated carbocycles. The highest BCUT2D eigenvalue weighted by Crippen LogP contribution is 2.10. The summed E-state index contributed by atoms with van der Waals surface area (Å²) in [6.07, 6.45) is 2.88. The lowest BCUT2D eigenvalue weighted by molar-refractivity contribution is -0.122. The number of H-pyrrole nitrogens is 1. The van der Waals surface area contributed by atoms with E-state index in [1.54, 1.807) is 0 Å². The van der Waals surface area contributed by atoms with Gasteiger partial charge in [0.05, 0.1) is 6.20 Å². The molecule has 0 spiro atoms. The highest BCUT2D eigenvalue weighted by Gasteiger charge is 2.26. The van der Waals surface area contributed by atoms with Gasteiger partial charge in [-0.05, 0) is 12.3 Å². The van der Waals surface area contributed by atoms with Gasteiger partial charge >= 0.3 is 0 Å². The van der Waals surface area contributed by atoms with E-state index in [9.17, 15) is 13.2 Å². The highest BCUT2D eigenvalue weighted by molar-refractivity contribution is 7.89. The summed E-state index contributed by atoms with van der Waals surface area (Å²) in [7, 11) is -2.25. The maximum absolute atomic E-state index is 12.0. The van der Waals surface area contributed by atoms with Crippen LogP contribution >= 0.6 is 0 Å². The van der Waals surface area contributed by atoms with Gasteiger partial charge in [0.25, 0.3) is 0 Å². The van der Waals surface area contributed by atoms with Crippen LogP contribution in [0.25, 0.3) is 0 Å². The van der Waals surface area contributed by atoms with Crippen molar-refractivity contribution in [3.05, 3.63) is 12.4 Å². The molecule has 1 amide bonds. The lowest BCUT2D eigenvalue weighted by Crippen LogP contribution is -2.46. The van der Waals surface area contributed by atoms with Crippen LogP contribution in [0, 0.1) is 5.92 Å². The summed E-state index contributed by atoms with van der Waals surface area (Å²) in [6.45, 7) is 3.84. The summed E-state index contributed by atoms with van der Waals surface area (Å²) in [4.78, 5) is 11.6. The molecule has 0 fully saturated rings. The molecule has 18 heavy (non-hydrogen) atoms. The number of likely N-dealkylation sites (N-methyl/N-ethyl adjacent to an activating group) is 1. The number of nitrogens with zero attached hydrogens (tertiary/aromatic N) is 1. The second kappa shape index (κ2) is 5.96. The van der Waals surface area contributed by atoms with Crippen LogP contribution in [0.4, 0.5) is 0 Å². The minimum atomic E-state index is -3.72. The molecule has 1 aromatic heterocycles. The zero-order valence-corrected chi connectivity index (χ0v) is 11.4. The number of sulfonamides is 1. The fourth-order valence-electron chi connectivity index (χ4n) is 1.50. The molecule has 7 nitrogen and oxygen atoms in total. The average Bonchev–Trinajstić information content (AvgIpc) is 2.80. The maximum Gasteiger partial charge on any atom is 0.244 e. The molecule has 1 rings (SSSR count). The number of carbonyl (C=O) groups excluding carboxylic acids is 1. The van der Waals surface area contributed by atoms with Gasteiger partial charge in [0.15, 0.2) is 0 Å². The van der Waals surface area contributed by atoms with Gasteiger partial charge in [-0.3, -0.25) is 9.89 Å². The molecule has 0 aromatic carbocycles. The number of hydrogen-bond acceptors (Lipinski definition) is 4. The monoisotopic (exact) mass is 274 g/mol. The highest BCUT2D eigenvalue weighted by atomic mass is 32.2. The predicted molar refractivity (Wildman–Crippen MR) is 66.2 cm³/mol. The minimum Gasteiger partial charge on any atom is -0.358 e. The molecule has 8 heteroatoms. The van der Waals surface area contributed by atoms with Gasteiger partial charge in [-0.15, -0.1) is 0 Å². The molecule has 1 unspecified atom stereocenters. The first-order valence-electron chi connectivity index (χ1n) is 5.59. The molecular weight excluding hydrogens is 256 g/mol. The average molecular weight is 274 g/mol. The van der Waals surface area contributed by atoms with E-state index in [1.165, 1.54) is 19.4 Å². The second-order valence-electron chi connectivity index (χ2n) is 4.35. The number of amides is 1. The van der Waals surface area contributed by atoms with Gasteiger partial charge in [-0.25, -0.2) is 8.42 Å². The van der Waals surface area contributed by atoms with E-state index in [2.05, 4.69) is 20.2 Å². The Kier molecular flexibility index (Phi) is 4.85. The molecule has 1 atom stereocenters. The van der Waals surface area contributed by atoms with Gasteiger partial charge in [0, 0.05) is 13.2 Å². The van der Waals surface area contributed by atoms with Crippen LogP contribution < -0.4 is 10.0 Å². The Morgan fingerprint density at radius 1 is 1.50 bits per heavy atom. The molecule has 0 aliphatic rings. The van der Waals surface area contributed by atoms with E-state index in [0.717, 1.165) is 0 Å². The van der Waals surface area contributed by atoms with Crippen molar-refractivity contribution in [2.24, 2.45) is 5.92 Å². The first-order valence-corrected chi connectivity index (χ1v) is 7.08. The molecule has 1 aromatic rings. The topological polar surface area (TPSA) is 104 Å². The summed E-state index contributed by atoms with van der Waals surface area (Å²) in [6, 6.07) is -0.783. The summed E-state index contributed by atoms with van der Waals surface area (Å²) in [5.74, 6) is -0.157. The third-order valence-corrected chi connectivity index (χ3v) is 3.79. The van der Waals surface area contributed by atoms with Crippen molar-refractivity contribution in [2.75, 3.05) is 7.05 Å². The summed E-state index contributed by atoms with van der Waals surface area (Å²) in [5.41, 5.74) is 0. The van der Waals surface area contributed by atoms with E-state index in [-0.39, 0.29) is 16.7 Å². The number of nitrogens with one attached hydrogen (secondary N) is 3. The van der Waals surface area contributed by atoms with Crippen LogP contribution in [0.2, 0.25) is 0 Å². The Labute approximate surface area is 106 Å². The van der Waals surface area contributed by atoms with Crippen LogP contribution in [0.5, 0.6) is 0 Å². The summed E-state index contributed by atoms with van der Waals surface area (Å²) < 4.78 is 26.3. The van der Waals surface area contributed by atoms with Gasteiger partial charge in [-0.2, -0.15) is 9.82 Å². The van der Waals surface area contributed by atoms with Crippen LogP contribution in [0.1, 0.15) is 20.3 Å². The molecule has 1 heterocycles. The van der Waals surface area contributed by atoms with Gasteiger partial charge < -0.3 is 5.32 Å². The molecule has 0 bridgehead atoms. The quantitative estimate of drug-likeness (QED) is 0.671. The lowest BCUT2D eigenvalue weighted by atomic mass is 10.0. The smallest absolute Gasteiger partial charge is 0.244 e. The van der Waals surface area contributed by atoms with Crippen LogP contribution in [0.3, 0.4) is 0 Å². The lowest BCUT2D eigenvalue weighted by Gasteiger charge is -2.18. The Hall–Kier alpha value is -1.41. The van der Waals surface area contributed by atoms with Crippen molar-refractivity contribution in [1.29, 1.82) is 0 Å². The van der Waals surface area contributed by atoms with Crippen molar-refractivity contribution in [3.8, 4) is 0 Å². The van der Waals surface area contributed by atoms with Crippen molar-refractivity contribution < 1.29 is 13.2 Å². The zero-order valence-electron chi connectivity index (χ0n) is 10.6. The minimum absolute atomic E-state index is 0.0140.